The summed E-state index contributed by atoms with van der Waals surface area (Å²) in [5.74, 6) is -0.552. The summed E-state index contributed by atoms with van der Waals surface area (Å²) in [5, 5.41) is 2.73. The molecule has 0 radical (unpaired) electrons. The van der Waals surface area contributed by atoms with Crippen LogP contribution in [0.5, 0.6) is 5.75 Å². The summed E-state index contributed by atoms with van der Waals surface area (Å²) < 4.78 is 50.1. The molecular weight excluding hydrogens is 399 g/mol. The summed E-state index contributed by atoms with van der Waals surface area (Å²) in [7, 11) is 0. The smallest absolute Gasteiger partial charge is 0.464 e. The number of nitrogens with zero attached hydrogens (tertiary/aromatic N) is 2. The molecule has 3 rings (SSSR count). The van der Waals surface area contributed by atoms with Crippen LogP contribution in [0.1, 0.15) is 23.1 Å². The van der Waals surface area contributed by atoms with Crippen LogP contribution in [0.2, 0.25) is 0 Å². The summed E-state index contributed by atoms with van der Waals surface area (Å²) in [6.45, 7) is 1.40. The van der Waals surface area contributed by atoms with E-state index in [4.69, 9.17) is 4.42 Å². The number of benzene rings is 1. The highest BCUT2D eigenvalue weighted by Gasteiger charge is 2.31. The van der Waals surface area contributed by atoms with Gasteiger partial charge < -0.3 is 9.15 Å². The molecule has 1 N–H and O–H groups in total. The number of carbonyl (C=O) groups is 2. The number of amides is 1. The molecule has 7 nitrogen and oxygen atoms in total. The molecule has 0 bridgehead atoms. The van der Waals surface area contributed by atoms with E-state index in [1.807, 2.05) is 0 Å². The van der Waals surface area contributed by atoms with E-state index in [-0.39, 0.29) is 28.7 Å². The number of ether oxygens (including phenoxy) is 1. The van der Waals surface area contributed by atoms with Crippen molar-refractivity contribution in [1.82, 2.24) is 9.36 Å². The number of carbonyl (C=O) groups excluding carboxylic acids is 2. The van der Waals surface area contributed by atoms with E-state index in [2.05, 4.69) is 19.4 Å². The van der Waals surface area contributed by atoms with Gasteiger partial charge in [-0.3, -0.25) is 14.9 Å². The van der Waals surface area contributed by atoms with Gasteiger partial charge in [0.2, 0.25) is 5.13 Å². The number of rotatable bonds is 6. The highest BCUT2D eigenvalue weighted by atomic mass is 32.1. The topological polar surface area (TPSA) is 94.3 Å². The molecule has 1 aromatic carbocycles. The van der Waals surface area contributed by atoms with Gasteiger partial charge in [0.05, 0.1) is 12.0 Å². The molecule has 0 aliphatic carbocycles. The second-order valence-electron chi connectivity index (χ2n) is 5.62. The predicted octanol–water partition coefficient (Wildman–Crippen LogP) is 4.08. The Morgan fingerprint density at radius 1 is 1.29 bits per heavy atom. The third-order valence-corrected chi connectivity index (χ3v) is 3.98. The molecule has 0 unspecified atom stereocenters. The largest absolute Gasteiger partial charge is 0.573 e. The Kier molecular flexibility index (Phi) is 5.45. The SMILES string of the molecule is CC(=O)Cc1nsc(NC(=O)c2coc(-c3cccc(OC(F)(F)F)c3)c2)n1. The maximum Gasteiger partial charge on any atom is 0.573 e. The molecule has 1 amide bonds. The van der Waals surface area contributed by atoms with E-state index in [1.165, 1.54) is 31.4 Å². The summed E-state index contributed by atoms with van der Waals surface area (Å²) in [6.07, 6.45) is -3.58. The lowest BCUT2D eigenvalue weighted by Gasteiger charge is -2.09. The van der Waals surface area contributed by atoms with Crippen molar-refractivity contribution < 1.29 is 31.9 Å². The third-order valence-electron chi connectivity index (χ3n) is 3.31. The molecule has 28 heavy (non-hydrogen) atoms. The van der Waals surface area contributed by atoms with Crippen molar-refractivity contribution >= 4 is 28.4 Å². The molecule has 0 saturated carbocycles. The minimum Gasteiger partial charge on any atom is -0.464 e. The van der Waals surface area contributed by atoms with Crippen molar-refractivity contribution in [1.29, 1.82) is 0 Å². The van der Waals surface area contributed by atoms with Gasteiger partial charge in [0, 0.05) is 17.1 Å². The lowest BCUT2D eigenvalue weighted by Crippen LogP contribution is -2.17. The maximum atomic E-state index is 12.3. The standard InChI is InChI=1S/C17H12F3N3O4S/c1-9(24)5-14-21-16(28-23-14)22-15(25)11-7-13(26-8-11)10-3-2-4-12(6-10)27-17(18,19)20/h2-4,6-8H,5H2,1H3,(H,21,22,23,25). The molecule has 0 spiro atoms. The van der Waals surface area contributed by atoms with Crippen molar-refractivity contribution in [2.75, 3.05) is 5.32 Å². The number of nitrogens with one attached hydrogen (secondary N) is 1. The molecule has 146 valence electrons. The average Bonchev–Trinajstić information content (AvgIpc) is 3.22. The Hall–Kier alpha value is -3.21. The molecule has 0 aliphatic rings. The summed E-state index contributed by atoms with van der Waals surface area (Å²) >= 11 is 0.926. The minimum atomic E-state index is -4.81. The molecule has 0 atom stereocenters. The molecule has 2 aromatic heterocycles. The zero-order chi connectivity index (χ0) is 20.3. The van der Waals surface area contributed by atoms with Crippen molar-refractivity contribution in [2.45, 2.75) is 19.7 Å². The highest BCUT2D eigenvalue weighted by molar-refractivity contribution is 7.09. The first-order chi connectivity index (χ1) is 13.2. The average molecular weight is 411 g/mol. The Morgan fingerprint density at radius 3 is 2.79 bits per heavy atom. The quantitative estimate of drug-likeness (QED) is 0.657. The van der Waals surface area contributed by atoms with Crippen LogP contribution in [-0.4, -0.2) is 27.4 Å². The van der Waals surface area contributed by atoms with E-state index < -0.39 is 18.0 Å². The van der Waals surface area contributed by atoms with Gasteiger partial charge in [-0.05, 0) is 25.1 Å². The molecule has 0 saturated heterocycles. The van der Waals surface area contributed by atoms with Crippen LogP contribution in [0.15, 0.2) is 41.0 Å². The number of ketones is 1. The number of aromatic nitrogens is 2. The number of alkyl halides is 3. The van der Waals surface area contributed by atoms with E-state index >= 15 is 0 Å². The van der Waals surface area contributed by atoms with Crippen molar-refractivity contribution in [3.05, 3.63) is 48.0 Å². The zero-order valence-corrected chi connectivity index (χ0v) is 15.1. The van der Waals surface area contributed by atoms with Gasteiger partial charge in [-0.1, -0.05) is 12.1 Å². The first-order valence-corrected chi connectivity index (χ1v) is 8.55. The van der Waals surface area contributed by atoms with Gasteiger partial charge in [-0.2, -0.15) is 4.37 Å². The van der Waals surface area contributed by atoms with Gasteiger partial charge in [-0.15, -0.1) is 13.2 Å². The number of furan rings is 1. The Labute approximate surface area is 160 Å². The second-order valence-corrected chi connectivity index (χ2v) is 6.38. The molecule has 3 aromatic rings. The molecule has 0 aliphatic heterocycles. The van der Waals surface area contributed by atoms with Crippen molar-refractivity contribution in [3.8, 4) is 17.1 Å². The molecule has 0 fully saturated rings. The number of halogens is 3. The molecule has 2 heterocycles. The van der Waals surface area contributed by atoms with Crippen LogP contribution in [0.4, 0.5) is 18.3 Å². The van der Waals surface area contributed by atoms with Gasteiger partial charge in [0.1, 0.15) is 23.6 Å². The number of Topliss-reactive ketones (excluding diaryl/α,β-unsaturated/α-hetero) is 1. The summed E-state index contributed by atoms with van der Waals surface area (Å²) in [4.78, 5) is 27.4. The Balaban J connectivity index is 1.71. The van der Waals surface area contributed by atoms with E-state index in [0.29, 0.717) is 11.4 Å². The monoisotopic (exact) mass is 411 g/mol. The minimum absolute atomic E-state index is 0.0680. The second kappa shape index (κ2) is 7.80. The van der Waals surface area contributed by atoms with Gasteiger partial charge in [-0.25, -0.2) is 4.98 Å². The van der Waals surface area contributed by atoms with Crippen LogP contribution in [-0.2, 0) is 11.2 Å². The lowest BCUT2D eigenvalue weighted by atomic mass is 10.1. The Morgan fingerprint density at radius 2 is 2.07 bits per heavy atom. The first kappa shape index (κ1) is 19.5. The van der Waals surface area contributed by atoms with Gasteiger partial charge >= 0.3 is 6.36 Å². The molecule has 11 heteroatoms. The highest BCUT2D eigenvalue weighted by Crippen LogP contribution is 2.29. The Bertz CT molecular complexity index is 1010. The zero-order valence-electron chi connectivity index (χ0n) is 14.2. The lowest BCUT2D eigenvalue weighted by molar-refractivity contribution is -0.274. The van der Waals surface area contributed by atoms with Crippen LogP contribution in [0.25, 0.3) is 11.3 Å². The fourth-order valence-corrected chi connectivity index (χ4v) is 2.80. The van der Waals surface area contributed by atoms with E-state index in [0.717, 1.165) is 23.7 Å². The summed E-state index contributed by atoms with van der Waals surface area (Å²) in [5.41, 5.74) is 0.445. The van der Waals surface area contributed by atoms with Gasteiger partial charge in [0.15, 0.2) is 5.82 Å². The van der Waals surface area contributed by atoms with Crippen molar-refractivity contribution in [2.24, 2.45) is 0 Å². The number of anilines is 1. The number of hydrogen-bond donors (Lipinski definition) is 1. The number of hydrogen-bond acceptors (Lipinski definition) is 7. The molecular formula is C17H12F3N3O4S. The normalized spacial score (nSPS) is 11.3. The van der Waals surface area contributed by atoms with E-state index in [9.17, 15) is 22.8 Å². The first-order valence-electron chi connectivity index (χ1n) is 7.78. The van der Waals surface area contributed by atoms with Crippen LogP contribution in [0.3, 0.4) is 0 Å². The van der Waals surface area contributed by atoms with Crippen LogP contribution >= 0.6 is 11.5 Å². The van der Waals surface area contributed by atoms with E-state index in [1.54, 1.807) is 0 Å². The van der Waals surface area contributed by atoms with Crippen LogP contribution < -0.4 is 10.1 Å². The maximum absolute atomic E-state index is 12.3. The van der Waals surface area contributed by atoms with Crippen LogP contribution in [0, 0.1) is 0 Å². The predicted molar refractivity (Wildman–Crippen MR) is 93.1 cm³/mol. The fourth-order valence-electron chi connectivity index (χ4n) is 2.22. The van der Waals surface area contributed by atoms with Crippen molar-refractivity contribution in [3.63, 3.8) is 0 Å². The third kappa shape index (κ3) is 5.16. The fraction of sp³-hybridized carbons (Fsp3) is 0.176. The summed E-state index contributed by atoms with van der Waals surface area (Å²) in [6, 6.07) is 6.56. The van der Waals surface area contributed by atoms with Gasteiger partial charge in [0.25, 0.3) is 5.91 Å².